The van der Waals surface area contributed by atoms with Crippen molar-refractivity contribution in [1.29, 1.82) is 0 Å². The summed E-state index contributed by atoms with van der Waals surface area (Å²) in [5.41, 5.74) is 6.18. The summed E-state index contributed by atoms with van der Waals surface area (Å²) in [4.78, 5) is 4.98. The van der Waals surface area contributed by atoms with Gasteiger partial charge >= 0.3 is 0 Å². The third-order valence-electron chi connectivity index (χ3n) is 3.56. The first-order valence-corrected chi connectivity index (χ1v) is 7.73. The van der Waals surface area contributed by atoms with Crippen LogP contribution >= 0.6 is 0 Å². The predicted molar refractivity (Wildman–Crippen MR) is 81.9 cm³/mol. The molecule has 0 aromatic rings. The maximum absolute atomic E-state index is 6.18. The first kappa shape index (κ1) is 17.9. The molecular formula is C15H35N3. The van der Waals surface area contributed by atoms with Gasteiger partial charge in [-0.05, 0) is 51.5 Å². The number of hydrogen-bond donors (Lipinski definition) is 1. The zero-order valence-corrected chi connectivity index (χ0v) is 13.3. The molecule has 0 bridgehead atoms. The smallest absolute Gasteiger partial charge is 0.0170 e. The molecule has 18 heavy (non-hydrogen) atoms. The molecule has 0 saturated carbocycles. The van der Waals surface area contributed by atoms with E-state index in [2.05, 4.69) is 44.4 Å². The summed E-state index contributed by atoms with van der Waals surface area (Å²) in [6, 6.07) is 0.332. The Balaban J connectivity index is 3.82. The second-order valence-corrected chi connectivity index (χ2v) is 5.66. The van der Waals surface area contributed by atoms with E-state index in [0.717, 1.165) is 32.6 Å². The van der Waals surface area contributed by atoms with Gasteiger partial charge < -0.3 is 15.5 Å². The lowest BCUT2D eigenvalue weighted by Gasteiger charge is -2.26. The predicted octanol–water partition coefficient (Wildman–Crippen LogP) is 2.41. The van der Waals surface area contributed by atoms with Gasteiger partial charge in [0.15, 0.2) is 0 Å². The Kier molecular flexibility index (Phi) is 10.7. The highest BCUT2D eigenvalue weighted by Crippen LogP contribution is 2.05. The van der Waals surface area contributed by atoms with Crippen molar-refractivity contribution in [3.63, 3.8) is 0 Å². The monoisotopic (exact) mass is 257 g/mol. The fraction of sp³-hybridized carbons (Fsp3) is 1.00. The molecule has 1 unspecified atom stereocenters. The van der Waals surface area contributed by atoms with E-state index >= 15 is 0 Å². The Labute approximate surface area is 115 Å². The van der Waals surface area contributed by atoms with Crippen molar-refractivity contribution >= 4 is 0 Å². The van der Waals surface area contributed by atoms with Gasteiger partial charge in [0.05, 0.1) is 0 Å². The first-order valence-electron chi connectivity index (χ1n) is 7.73. The maximum Gasteiger partial charge on any atom is 0.0170 e. The molecule has 0 heterocycles. The van der Waals surface area contributed by atoms with E-state index in [9.17, 15) is 0 Å². The minimum Gasteiger partial charge on any atom is -0.327 e. The molecule has 0 aliphatic rings. The van der Waals surface area contributed by atoms with E-state index in [1.165, 1.54) is 19.5 Å². The van der Waals surface area contributed by atoms with Crippen molar-refractivity contribution in [3.8, 4) is 0 Å². The largest absolute Gasteiger partial charge is 0.327 e. The molecule has 0 aliphatic carbocycles. The highest BCUT2D eigenvalue weighted by molar-refractivity contribution is 4.69. The van der Waals surface area contributed by atoms with Crippen LogP contribution in [0, 0.1) is 5.92 Å². The van der Waals surface area contributed by atoms with Gasteiger partial charge in [0.25, 0.3) is 0 Å². The van der Waals surface area contributed by atoms with Crippen LogP contribution in [0.3, 0.4) is 0 Å². The molecule has 0 radical (unpaired) electrons. The van der Waals surface area contributed by atoms with Crippen LogP contribution in [0.25, 0.3) is 0 Å². The Morgan fingerprint density at radius 2 is 1.39 bits per heavy atom. The molecule has 3 heteroatoms. The number of nitrogens with zero attached hydrogens (tertiary/aromatic N) is 2. The van der Waals surface area contributed by atoms with Gasteiger partial charge in [-0.2, -0.15) is 0 Å². The van der Waals surface area contributed by atoms with Crippen molar-refractivity contribution in [2.24, 2.45) is 11.7 Å². The maximum atomic E-state index is 6.18. The molecule has 0 saturated heterocycles. The van der Waals surface area contributed by atoms with Crippen LogP contribution in [-0.4, -0.2) is 55.1 Å². The average molecular weight is 257 g/mol. The second kappa shape index (κ2) is 10.8. The SMILES string of the molecule is CCN(CC)CCCN(CC)CC(N)CC(C)C. The molecule has 0 spiro atoms. The van der Waals surface area contributed by atoms with Gasteiger partial charge in [-0.15, -0.1) is 0 Å². The second-order valence-electron chi connectivity index (χ2n) is 5.66. The molecule has 0 aromatic heterocycles. The molecule has 0 aliphatic heterocycles. The summed E-state index contributed by atoms with van der Waals surface area (Å²) in [5.74, 6) is 0.703. The van der Waals surface area contributed by atoms with Crippen molar-refractivity contribution < 1.29 is 0 Å². The highest BCUT2D eigenvalue weighted by Gasteiger charge is 2.10. The standard InChI is InChI=1S/C15H35N3/c1-6-17(7-2)10-9-11-18(8-3)13-15(16)12-14(4)5/h14-15H,6-13,16H2,1-5H3. The third kappa shape index (κ3) is 8.90. The van der Waals surface area contributed by atoms with Gasteiger partial charge in [0.2, 0.25) is 0 Å². The Hall–Kier alpha value is -0.120. The van der Waals surface area contributed by atoms with Crippen molar-refractivity contribution in [2.45, 2.75) is 53.5 Å². The van der Waals surface area contributed by atoms with Crippen LogP contribution in [0.4, 0.5) is 0 Å². The average Bonchev–Trinajstić information content (AvgIpc) is 2.32. The molecule has 0 fully saturated rings. The lowest BCUT2D eigenvalue weighted by molar-refractivity contribution is 0.228. The van der Waals surface area contributed by atoms with Crippen LogP contribution < -0.4 is 5.73 Å². The van der Waals surface area contributed by atoms with E-state index in [-0.39, 0.29) is 0 Å². The molecule has 1 atom stereocenters. The number of rotatable bonds is 11. The highest BCUT2D eigenvalue weighted by atomic mass is 15.1. The van der Waals surface area contributed by atoms with Gasteiger partial charge in [-0.1, -0.05) is 34.6 Å². The summed E-state index contributed by atoms with van der Waals surface area (Å²) in [5, 5.41) is 0. The fourth-order valence-electron chi connectivity index (χ4n) is 2.45. The molecule has 110 valence electrons. The Morgan fingerprint density at radius 1 is 0.889 bits per heavy atom. The molecule has 3 nitrogen and oxygen atoms in total. The molecular weight excluding hydrogens is 222 g/mol. The van der Waals surface area contributed by atoms with Gasteiger partial charge in [0, 0.05) is 12.6 Å². The topological polar surface area (TPSA) is 32.5 Å². The van der Waals surface area contributed by atoms with Crippen molar-refractivity contribution in [3.05, 3.63) is 0 Å². The van der Waals surface area contributed by atoms with Crippen LogP contribution in [0.5, 0.6) is 0 Å². The van der Waals surface area contributed by atoms with Crippen molar-refractivity contribution in [1.82, 2.24) is 9.80 Å². The molecule has 0 rings (SSSR count). The van der Waals surface area contributed by atoms with Crippen LogP contribution in [0.2, 0.25) is 0 Å². The Morgan fingerprint density at radius 3 is 1.83 bits per heavy atom. The summed E-state index contributed by atoms with van der Waals surface area (Å²) in [7, 11) is 0. The molecule has 0 amide bonds. The van der Waals surface area contributed by atoms with E-state index < -0.39 is 0 Å². The van der Waals surface area contributed by atoms with Crippen molar-refractivity contribution in [2.75, 3.05) is 39.3 Å². The third-order valence-corrected chi connectivity index (χ3v) is 3.56. The van der Waals surface area contributed by atoms with Crippen LogP contribution in [0.15, 0.2) is 0 Å². The van der Waals surface area contributed by atoms with Gasteiger partial charge in [-0.25, -0.2) is 0 Å². The van der Waals surface area contributed by atoms with E-state index in [0.29, 0.717) is 12.0 Å². The minimum atomic E-state index is 0.332. The number of likely N-dealkylation sites (N-methyl/N-ethyl adjacent to an activating group) is 1. The first-order chi connectivity index (χ1) is 8.53. The zero-order chi connectivity index (χ0) is 14.0. The Bertz CT molecular complexity index is 179. The summed E-state index contributed by atoms with van der Waals surface area (Å²) < 4.78 is 0. The summed E-state index contributed by atoms with van der Waals surface area (Å²) in [6.07, 6.45) is 2.39. The molecule has 0 aromatic carbocycles. The lowest BCUT2D eigenvalue weighted by Crippen LogP contribution is -2.39. The normalized spacial score (nSPS) is 13.8. The zero-order valence-electron chi connectivity index (χ0n) is 13.3. The van der Waals surface area contributed by atoms with Crippen LogP contribution in [0.1, 0.15) is 47.5 Å². The number of hydrogen-bond acceptors (Lipinski definition) is 3. The lowest BCUT2D eigenvalue weighted by atomic mass is 10.0. The number of nitrogens with two attached hydrogens (primary N) is 1. The molecule has 2 N–H and O–H groups in total. The van der Waals surface area contributed by atoms with E-state index in [1.807, 2.05) is 0 Å². The summed E-state index contributed by atoms with van der Waals surface area (Å²) >= 11 is 0. The fourth-order valence-corrected chi connectivity index (χ4v) is 2.45. The van der Waals surface area contributed by atoms with Gasteiger partial charge in [-0.3, -0.25) is 0 Å². The van der Waals surface area contributed by atoms with Gasteiger partial charge in [0.1, 0.15) is 0 Å². The van der Waals surface area contributed by atoms with E-state index in [1.54, 1.807) is 0 Å². The minimum absolute atomic E-state index is 0.332. The van der Waals surface area contributed by atoms with Crippen LogP contribution in [-0.2, 0) is 0 Å². The summed E-state index contributed by atoms with van der Waals surface area (Å²) in [6.45, 7) is 18.1. The van der Waals surface area contributed by atoms with E-state index in [4.69, 9.17) is 5.73 Å². The quantitative estimate of drug-likeness (QED) is 0.617.